The number of thioether (sulfide) groups is 1. The van der Waals surface area contributed by atoms with E-state index in [9.17, 15) is 5.11 Å². The number of aromatic nitrogens is 8. The molecule has 0 saturated carbocycles. The van der Waals surface area contributed by atoms with Crippen LogP contribution in [0.3, 0.4) is 0 Å². The Balaban J connectivity index is 1.85. The topological polar surface area (TPSA) is 107 Å². The molecule has 0 amide bonds. The van der Waals surface area contributed by atoms with Crippen LogP contribution in [-0.4, -0.2) is 51.2 Å². The van der Waals surface area contributed by atoms with Crippen LogP contribution in [0.2, 0.25) is 5.02 Å². The van der Waals surface area contributed by atoms with Crippen LogP contribution >= 0.6 is 46.0 Å². The second kappa shape index (κ2) is 9.63. The van der Waals surface area contributed by atoms with Gasteiger partial charge in [0.1, 0.15) is 0 Å². The Labute approximate surface area is 234 Å². The maximum absolute atomic E-state index is 10.8. The van der Waals surface area contributed by atoms with E-state index in [0.29, 0.717) is 33.4 Å². The van der Waals surface area contributed by atoms with E-state index < -0.39 is 0 Å². The number of fused-ring (bicyclic) bond motifs is 3. The predicted molar refractivity (Wildman–Crippen MR) is 152 cm³/mol. The van der Waals surface area contributed by atoms with E-state index in [2.05, 4.69) is 48.3 Å². The van der Waals surface area contributed by atoms with Crippen LogP contribution in [0, 0.1) is 3.57 Å². The summed E-state index contributed by atoms with van der Waals surface area (Å²) in [5.41, 5.74) is 5.35. The molecular formula is C25H18ClIN8OS. The van der Waals surface area contributed by atoms with Gasteiger partial charge in [0.2, 0.25) is 0 Å². The number of halogens is 2. The second-order valence-electron chi connectivity index (χ2n) is 8.27. The van der Waals surface area contributed by atoms with Crippen molar-refractivity contribution in [3.63, 3.8) is 0 Å². The highest BCUT2D eigenvalue weighted by molar-refractivity contribution is 14.1. The first-order chi connectivity index (χ1) is 18.0. The van der Waals surface area contributed by atoms with Crippen LogP contribution in [0.25, 0.3) is 50.5 Å². The van der Waals surface area contributed by atoms with Crippen molar-refractivity contribution in [1.82, 2.24) is 39.8 Å². The zero-order valence-electron chi connectivity index (χ0n) is 19.6. The molecule has 0 spiro atoms. The van der Waals surface area contributed by atoms with Crippen LogP contribution in [0.1, 0.15) is 5.56 Å². The van der Waals surface area contributed by atoms with Crippen molar-refractivity contribution in [3.05, 3.63) is 68.8 Å². The Morgan fingerprint density at radius 2 is 1.84 bits per heavy atom. The van der Waals surface area contributed by atoms with E-state index in [4.69, 9.17) is 16.6 Å². The number of nitrogens with zero attached hydrogens (tertiary/aromatic N) is 8. The van der Waals surface area contributed by atoms with Crippen LogP contribution in [0.5, 0.6) is 0 Å². The molecule has 3 aromatic carbocycles. The number of hydrogen-bond donors (Lipinski definition) is 1. The zero-order chi connectivity index (χ0) is 25.7. The molecule has 0 unspecified atom stereocenters. The lowest BCUT2D eigenvalue weighted by Gasteiger charge is -2.19. The van der Waals surface area contributed by atoms with Gasteiger partial charge in [0.05, 0.1) is 17.8 Å². The van der Waals surface area contributed by atoms with Gasteiger partial charge in [0.15, 0.2) is 11.0 Å². The van der Waals surface area contributed by atoms with Crippen molar-refractivity contribution in [2.24, 2.45) is 7.05 Å². The van der Waals surface area contributed by atoms with Crippen LogP contribution in [0.4, 0.5) is 0 Å². The molecule has 0 aliphatic rings. The monoisotopic (exact) mass is 640 g/mol. The SMILES string of the molecule is CSc1nnc(-c2c(CO)c(-c3ccc(I)cc3)cc3c2c(-c2cccc(Cl)c2)nc2nnnn23)n1C. The first-order valence-electron chi connectivity index (χ1n) is 11.1. The predicted octanol–water partition coefficient (Wildman–Crippen LogP) is 5.27. The van der Waals surface area contributed by atoms with Gasteiger partial charge in [-0.05, 0) is 86.3 Å². The zero-order valence-corrected chi connectivity index (χ0v) is 23.3. The van der Waals surface area contributed by atoms with Gasteiger partial charge < -0.3 is 9.67 Å². The van der Waals surface area contributed by atoms with Crippen molar-refractivity contribution in [1.29, 1.82) is 0 Å². The molecular weight excluding hydrogens is 623 g/mol. The maximum atomic E-state index is 10.8. The molecule has 0 aliphatic carbocycles. The third-order valence-corrected chi connectivity index (χ3v) is 7.87. The third-order valence-electron chi connectivity index (χ3n) is 6.20. The van der Waals surface area contributed by atoms with Crippen molar-refractivity contribution in [2.75, 3.05) is 6.26 Å². The lowest BCUT2D eigenvalue weighted by Crippen LogP contribution is -2.06. The average Bonchev–Trinajstić information content (AvgIpc) is 3.53. The summed E-state index contributed by atoms with van der Waals surface area (Å²) in [7, 11) is 1.91. The van der Waals surface area contributed by atoms with Crippen molar-refractivity contribution in [2.45, 2.75) is 11.8 Å². The molecule has 6 rings (SSSR count). The molecule has 1 N–H and O–H groups in total. The number of aliphatic hydroxyl groups is 1. The van der Waals surface area contributed by atoms with E-state index in [1.807, 2.05) is 72.5 Å². The molecule has 0 saturated heterocycles. The van der Waals surface area contributed by atoms with Crippen LogP contribution in [-0.2, 0) is 13.7 Å². The highest BCUT2D eigenvalue weighted by Crippen LogP contribution is 2.42. The fourth-order valence-corrected chi connectivity index (χ4v) is 5.57. The maximum Gasteiger partial charge on any atom is 0.274 e. The Morgan fingerprint density at radius 3 is 2.54 bits per heavy atom. The second-order valence-corrected chi connectivity index (χ2v) is 10.7. The molecule has 0 radical (unpaired) electrons. The molecule has 9 nitrogen and oxygen atoms in total. The van der Waals surface area contributed by atoms with Gasteiger partial charge in [0, 0.05) is 32.2 Å². The molecule has 6 aromatic rings. The van der Waals surface area contributed by atoms with Crippen LogP contribution in [0.15, 0.2) is 59.8 Å². The van der Waals surface area contributed by atoms with Gasteiger partial charge in [-0.3, -0.25) is 0 Å². The normalized spacial score (nSPS) is 11.6. The van der Waals surface area contributed by atoms with Crippen molar-refractivity contribution in [3.8, 4) is 33.8 Å². The first kappa shape index (κ1) is 24.2. The molecule has 3 heterocycles. The van der Waals surface area contributed by atoms with Crippen molar-refractivity contribution >= 4 is 62.6 Å². The molecule has 37 heavy (non-hydrogen) atoms. The van der Waals surface area contributed by atoms with E-state index in [0.717, 1.165) is 36.3 Å². The molecule has 0 aliphatic heterocycles. The fraction of sp³-hybridized carbons (Fsp3) is 0.120. The molecule has 184 valence electrons. The molecule has 0 bridgehead atoms. The highest BCUT2D eigenvalue weighted by atomic mass is 127. The van der Waals surface area contributed by atoms with Crippen molar-refractivity contribution < 1.29 is 5.11 Å². The number of aliphatic hydroxyl groups excluding tert-OH is 1. The Kier molecular flexibility index (Phi) is 6.31. The standard InChI is InChI=1S/C25H18ClIN8OS/c1-34-23(29-31-25(34)37-2)20-18(12-36)17(13-6-8-16(27)9-7-13)11-19-21(20)22(14-4-3-5-15(26)10-14)28-24-30-32-33-35(19)24/h3-11,36H,12H2,1-2H3. The lowest BCUT2D eigenvalue weighted by atomic mass is 9.90. The summed E-state index contributed by atoms with van der Waals surface area (Å²) >= 11 is 10.2. The molecule has 0 fully saturated rings. The molecule has 0 atom stereocenters. The van der Waals surface area contributed by atoms with Gasteiger partial charge in [-0.2, -0.15) is 4.52 Å². The van der Waals surface area contributed by atoms with Gasteiger partial charge in [-0.1, -0.05) is 52.7 Å². The molecule has 3 aromatic heterocycles. The van der Waals surface area contributed by atoms with E-state index >= 15 is 0 Å². The van der Waals surface area contributed by atoms with Gasteiger partial charge in [-0.15, -0.1) is 10.2 Å². The fourth-order valence-electron chi connectivity index (χ4n) is 4.53. The Bertz CT molecular complexity index is 1800. The highest BCUT2D eigenvalue weighted by Gasteiger charge is 2.26. The van der Waals surface area contributed by atoms with Crippen LogP contribution < -0.4 is 0 Å². The summed E-state index contributed by atoms with van der Waals surface area (Å²) in [5, 5.41) is 34.1. The number of hydrogen-bond acceptors (Lipinski definition) is 8. The Hall–Kier alpha value is -3.13. The first-order valence-corrected chi connectivity index (χ1v) is 13.8. The van der Waals surface area contributed by atoms with Gasteiger partial charge >= 0.3 is 0 Å². The summed E-state index contributed by atoms with van der Waals surface area (Å²) < 4.78 is 4.64. The van der Waals surface area contributed by atoms with Gasteiger partial charge in [0.25, 0.3) is 5.78 Å². The summed E-state index contributed by atoms with van der Waals surface area (Å²) in [6.45, 7) is -0.226. The van der Waals surface area contributed by atoms with E-state index in [-0.39, 0.29) is 6.61 Å². The largest absolute Gasteiger partial charge is 0.392 e. The summed E-state index contributed by atoms with van der Waals surface area (Å²) in [6.07, 6.45) is 1.95. The third kappa shape index (κ3) is 4.06. The lowest BCUT2D eigenvalue weighted by molar-refractivity contribution is 0.283. The van der Waals surface area contributed by atoms with Gasteiger partial charge in [-0.25, -0.2) is 4.98 Å². The number of rotatable bonds is 5. The number of benzene rings is 3. The summed E-state index contributed by atoms with van der Waals surface area (Å²) in [6, 6.07) is 17.6. The molecule has 12 heteroatoms. The minimum absolute atomic E-state index is 0.226. The number of tetrazole rings is 1. The smallest absolute Gasteiger partial charge is 0.274 e. The average molecular weight is 641 g/mol. The minimum atomic E-state index is -0.226. The summed E-state index contributed by atoms with van der Waals surface area (Å²) in [4.78, 5) is 4.83. The quantitative estimate of drug-likeness (QED) is 0.201. The van der Waals surface area contributed by atoms with E-state index in [1.54, 1.807) is 4.52 Å². The Morgan fingerprint density at radius 1 is 1.03 bits per heavy atom. The minimum Gasteiger partial charge on any atom is -0.392 e. The van der Waals surface area contributed by atoms with E-state index in [1.165, 1.54) is 11.8 Å². The summed E-state index contributed by atoms with van der Waals surface area (Å²) in [5.74, 6) is 0.949.